The number of sulfonamides is 1. The zero-order valence-corrected chi connectivity index (χ0v) is 12.5. The van der Waals surface area contributed by atoms with Crippen molar-refractivity contribution in [2.45, 2.75) is 4.90 Å². The maximum absolute atomic E-state index is 11.8. The van der Waals surface area contributed by atoms with Gasteiger partial charge >= 0.3 is 0 Å². The second kappa shape index (κ2) is 6.98. The molecule has 0 atom stereocenters. The van der Waals surface area contributed by atoms with Gasteiger partial charge in [-0.25, -0.2) is 13.6 Å². The van der Waals surface area contributed by atoms with E-state index in [2.05, 4.69) is 0 Å². The Morgan fingerprint density at radius 3 is 2.14 bits per heavy atom. The first-order chi connectivity index (χ1) is 10.5. The Hall–Kier alpha value is -2.50. The number of primary sulfonamides is 1. The van der Waals surface area contributed by atoms with Crippen molar-refractivity contribution in [1.82, 2.24) is 0 Å². The highest BCUT2D eigenvalue weighted by atomic mass is 32.2. The first-order valence-electron chi connectivity index (χ1n) is 6.54. The SMILES string of the molecule is NS(=O)(=O)c1ccc(/C=C/C=C\C(=O)c2ccccc2)cc1. The van der Waals surface area contributed by atoms with E-state index in [1.54, 1.807) is 42.5 Å². The second-order valence-electron chi connectivity index (χ2n) is 4.56. The number of carbonyl (C=O) groups excluding carboxylic acids is 1. The molecule has 0 aromatic heterocycles. The van der Waals surface area contributed by atoms with Crippen molar-refractivity contribution in [3.63, 3.8) is 0 Å². The summed E-state index contributed by atoms with van der Waals surface area (Å²) in [5.41, 5.74) is 1.44. The number of carbonyl (C=O) groups is 1. The van der Waals surface area contributed by atoms with Crippen LogP contribution < -0.4 is 5.14 Å². The van der Waals surface area contributed by atoms with Crippen LogP contribution in [0.15, 0.2) is 77.7 Å². The topological polar surface area (TPSA) is 77.2 Å². The zero-order valence-electron chi connectivity index (χ0n) is 11.7. The molecule has 0 spiro atoms. The summed E-state index contributed by atoms with van der Waals surface area (Å²) in [6.07, 6.45) is 6.60. The van der Waals surface area contributed by atoms with Crippen molar-refractivity contribution in [2.24, 2.45) is 5.14 Å². The van der Waals surface area contributed by atoms with Gasteiger partial charge in [0.05, 0.1) is 4.90 Å². The van der Waals surface area contributed by atoms with E-state index in [0.717, 1.165) is 5.56 Å². The lowest BCUT2D eigenvalue weighted by molar-refractivity contribution is 0.104. The number of allylic oxidation sites excluding steroid dienone is 3. The van der Waals surface area contributed by atoms with E-state index >= 15 is 0 Å². The molecule has 0 aliphatic rings. The van der Waals surface area contributed by atoms with E-state index in [-0.39, 0.29) is 10.7 Å². The van der Waals surface area contributed by atoms with Gasteiger partial charge in [-0.05, 0) is 23.8 Å². The first kappa shape index (κ1) is 15.9. The molecule has 0 fully saturated rings. The quantitative estimate of drug-likeness (QED) is 0.524. The molecular formula is C17H15NO3S. The fraction of sp³-hybridized carbons (Fsp3) is 0. The van der Waals surface area contributed by atoms with Crippen LogP contribution in [0.4, 0.5) is 0 Å². The Morgan fingerprint density at radius 1 is 0.909 bits per heavy atom. The summed E-state index contributed by atoms with van der Waals surface area (Å²) in [5.74, 6) is -0.0742. The Labute approximate surface area is 129 Å². The highest BCUT2D eigenvalue weighted by molar-refractivity contribution is 7.89. The highest BCUT2D eigenvalue weighted by Gasteiger charge is 2.05. The van der Waals surface area contributed by atoms with Crippen LogP contribution in [0.2, 0.25) is 0 Å². The van der Waals surface area contributed by atoms with Crippen molar-refractivity contribution in [3.8, 4) is 0 Å². The summed E-state index contributed by atoms with van der Waals surface area (Å²) in [5, 5.41) is 5.02. The third kappa shape index (κ3) is 4.51. The summed E-state index contributed by atoms with van der Waals surface area (Å²) in [6.45, 7) is 0. The summed E-state index contributed by atoms with van der Waals surface area (Å²) in [7, 11) is -3.67. The van der Waals surface area contributed by atoms with E-state index in [1.807, 2.05) is 18.2 Å². The van der Waals surface area contributed by atoms with Gasteiger partial charge in [0.15, 0.2) is 5.78 Å². The number of ketones is 1. The molecule has 22 heavy (non-hydrogen) atoms. The average molecular weight is 313 g/mol. The number of benzene rings is 2. The lowest BCUT2D eigenvalue weighted by Crippen LogP contribution is -2.11. The van der Waals surface area contributed by atoms with Crippen molar-refractivity contribution >= 4 is 21.9 Å². The molecule has 0 saturated heterocycles. The van der Waals surface area contributed by atoms with Crippen LogP contribution in [0, 0.1) is 0 Å². The van der Waals surface area contributed by atoms with Gasteiger partial charge in [0.1, 0.15) is 0 Å². The minimum absolute atomic E-state index is 0.0689. The first-order valence-corrected chi connectivity index (χ1v) is 8.08. The van der Waals surface area contributed by atoms with Gasteiger partial charge in [0.25, 0.3) is 0 Å². The molecule has 2 aromatic carbocycles. The number of hydrogen-bond donors (Lipinski definition) is 1. The molecule has 0 bridgehead atoms. The smallest absolute Gasteiger partial charge is 0.238 e. The van der Waals surface area contributed by atoms with E-state index < -0.39 is 10.0 Å². The predicted octanol–water partition coefficient (Wildman–Crippen LogP) is 2.79. The summed E-state index contributed by atoms with van der Waals surface area (Å²) < 4.78 is 22.3. The lowest BCUT2D eigenvalue weighted by Gasteiger charge is -1.98. The van der Waals surface area contributed by atoms with Crippen LogP contribution >= 0.6 is 0 Å². The third-order valence-electron chi connectivity index (χ3n) is 2.91. The third-order valence-corrected chi connectivity index (χ3v) is 3.84. The standard InChI is InChI=1S/C17H15NO3S/c18-22(20,21)16-12-10-14(11-13-16)6-4-5-9-17(19)15-7-2-1-3-8-15/h1-13H,(H2,18,20,21)/b6-4+,9-5-. The normalized spacial score (nSPS) is 12.0. The largest absolute Gasteiger partial charge is 0.289 e. The molecule has 0 saturated carbocycles. The Kier molecular flexibility index (Phi) is 5.04. The van der Waals surface area contributed by atoms with Crippen molar-refractivity contribution < 1.29 is 13.2 Å². The monoisotopic (exact) mass is 313 g/mol. The molecule has 112 valence electrons. The molecule has 5 heteroatoms. The molecule has 0 amide bonds. The Morgan fingerprint density at radius 2 is 1.55 bits per heavy atom. The van der Waals surface area contributed by atoms with Crippen molar-refractivity contribution in [2.75, 3.05) is 0 Å². The van der Waals surface area contributed by atoms with Crippen molar-refractivity contribution in [3.05, 3.63) is 84.0 Å². The van der Waals surface area contributed by atoms with Crippen LogP contribution in [-0.4, -0.2) is 14.2 Å². The highest BCUT2D eigenvalue weighted by Crippen LogP contribution is 2.10. The number of nitrogens with two attached hydrogens (primary N) is 1. The van der Waals surface area contributed by atoms with Gasteiger partial charge in [-0.1, -0.05) is 60.7 Å². The fourth-order valence-corrected chi connectivity index (χ4v) is 2.29. The molecule has 4 nitrogen and oxygen atoms in total. The van der Waals surface area contributed by atoms with Gasteiger partial charge < -0.3 is 0 Å². The molecule has 0 unspecified atom stereocenters. The molecular weight excluding hydrogens is 298 g/mol. The van der Waals surface area contributed by atoms with Crippen LogP contribution in [0.25, 0.3) is 6.08 Å². The van der Waals surface area contributed by atoms with Crippen LogP contribution in [0.1, 0.15) is 15.9 Å². The van der Waals surface area contributed by atoms with Gasteiger partial charge in [0, 0.05) is 5.56 Å². The van der Waals surface area contributed by atoms with E-state index in [0.29, 0.717) is 5.56 Å². The van der Waals surface area contributed by atoms with E-state index in [9.17, 15) is 13.2 Å². The van der Waals surface area contributed by atoms with Gasteiger partial charge in [-0.15, -0.1) is 0 Å². The number of rotatable bonds is 5. The van der Waals surface area contributed by atoms with Gasteiger partial charge in [-0.3, -0.25) is 4.79 Å². The minimum Gasteiger partial charge on any atom is -0.289 e. The molecule has 0 aliphatic carbocycles. The lowest BCUT2D eigenvalue weighted by atomic mass is 10.1. The summed E-state index contributed by atoms with van der Waals surface area (Å²) >= 11 is 0. The van der Waals surface area contributed by atoms with Crippen LogP contribution in [0.5, 0.6) is 0 Å². The summed E-state index contributed by atoms with van der Waals surface area (Å²) in [6, 6.07) is 15.1. The van der Waals surface area contributed by atoms with E-state index in [1.165, 1.54) is 18.2 Å². The van der Waals surface area contributed by atoms with Gasteiger partial charge in [-0.2, -0.15) is 0 Å². The predicted molar refractivity (Wildman–Crippen MR) is 86.8 cm³/mol. The molecule has 0 heterocycles. The maximum atomic E-state index is 11.8. The zero-order chi connectivity index (χ0) is 16.0. The average Bonchev–Trinajstić information content (AvgIpc) is 2.52. The summed E-state index contributed by atoms with van der Waals surface area (Å²) in [4.78, 5) is 11.9. The van der Waals surface area contributed by atoms with E-state index in [4.69, 9.17) is 5.14 Å². The Balaban J connectivity index is 2.01. The molecule has 2 N–H and O–H groups in total. The molecule has 2 aromatic rings. The second-order valence-corrected chi connectivity index (χ2v) is 6.12. The molecule has 0 aliphatic heterocycles. The minimum atomic E-state index is -3.67. The molecule has 2 rings (SSSR count). The Bertz CT molecular complexity index is 805. The van der Waals surface area contributed by atoms with Crippen LogP contribution in [0.3, 0.4) is 0 Å². The fourth-order valence-electron chi connectivity index (χ4n) is 1.78. The van der Waals surface area contributed by atoms with Crippen LogP contribution in [-0.2, 0) is 10.0 Å². The molecule has 0 radical (unpaired) electrons. The van der Waals surface area contributed by atoms with Gasteiger partial charge in [0.2, 0.25) is 10.0 Å². The maximum Gasteiger partial charge on any atom is 0.238 e. The van der Waals surface area contributed by atoms with Crippen molar-refractivity contribution in [1.29, 1.82) is 0 Å². The number of hydrogen-bond acceptors (Lipinski definition) is 3.